The van der Waals surface area contributed by atoms with Crippen LogP contribution in [0, 0.1) is 6.92 Å². The zero-order chi connectivity index (χ0) is 20.1. The molecular formula is C21H26N2O4S. The van der Waals surface area contributed by atoms with Crippen molar-refractivity contribution >= 4 is 21.6 Å². The van der Waals surface area contributed by atoms with Gasteiger partial charge in [-0.05, 0) is 36.6 Å². The van der Waals surface area contributed by atoms with Gasteiger partial charge in [0.25, 0.3) is 0 Å². The molecule has 6 nitrogen and oxygen atoms in total. The Hall–Kier alpha value is -2.22. The lowest BCUT2D eigenvalue weighted by Gasteiger charge is -2.26. The minimum Gasteiger partial charge on any atom is -0.379 e. The third kappa shape index (κ3) is 4.43. The Labute approximate surface area is 166 Å². The van der Waals surface area contributed by atoms with E-state index >= 15 is 0 Å². The normalized spacial score (nSPS) is 16.5. The Bertz CT molecular complexity index is 923. The molecule has 1 unspecified atom stereocenters. The van der Waals surface area contributed by atoms with Gasteiger partial charge in [0, 0.05) is 18.8 Å². The van der Waals surface area contributed by atoms with Gasteiger partial charge in [0.05, 0.1) is 24.0 Å². The number of hydrogen-bond donors (Lipinski definition) is 1. The molecule has 1 aliphatic rings. The topological polar surface area (TPSA) is 75.7 Å². The number of morpholine rings is 1. The van der Waals surface area contributed by atoms with Crippen LogP contribution < -0.4 is 5.32 Å². The van der Waals surface area contributed by atoms with Gasteiger partial charge in [-0.1, -0.05) is 43.3 Å². The molecule has 7 heteroatoms. The maximum atomic E-state index is 12.9. The monoisotopic (exact) mass is 402 g/mol. The Morgan fingerprint density at radius 3 is 2.46 bits per heavy atom. The number of rotatable bonds is 6. The van der Waals surface area contributed by atoms with E-state index in [1.54, 1.807) is 18.2 Å². The van der Waals surface area contributed by atoms with Crippen molar-refractivity contribution in [2.45, 2.75) is 31.1 Å². The molecule has 2 aromatic carbocycles. The zero-order valence-corrected chi connectivity index (χ0v) is 17.0. The van der Waals surface area contributed by atoms with Crippen LogP contribution in [0.2, 0.25) is 0 Å². The van der Waals surface area contributed by atoms with Gasteiger partial charge in [-0.3, -0.25) is 4.79 Å². The second kappa shape index (κ2) is 8.86. The molecule has 0 aliphatic carbocycles. The molecule has 28 heavy (non-hydrogen) atoms. The minimum absolute atomic E-state index is 0.141. The van der Waals surface area contributed by atoms with Gasteiger partial charge in [0.1, 0.15) is 0 Å². The number of benzene rings is 2. The van der Waals surface area contributed by atoms with Crippen LogP contribution in [0.5, 0.6) is 0 Å². The van der Waals surface area contributed by atoms with E-state index in [0.29, 0.717) is 38.4 Å². The highest BCUT2D eigenvalue weighted by atomic mass is 32.2. The van der Waals surface area contributed by atoms with Crippen LogP contribution in [0.25, 0.3) is 0 Å². The standard InChI is InChI=1S/C21H26N2O4S/c1-3-19(17-7-5-4-6-8-17)21(24)22-20-15-18(10-9-16(20)2)28(25,26)23-11-13-27-14-12-23/h4-10,15,19H,3,11-14H2,1-2H3,(H,22,24). The number of carbonyl (C=O) groups excluding carboxylic acids is 1. The largest absolute Gasteiger partial charge is 0.379 e. The maximum absolute atomic E-state index is 12.9. The quantitative estimate of drug-likeness (QED) is 0.805. The van der Waals surface area contributed by atoms with Gasteiger partial charge >= 0.3 is 0 Å². The van der Waals surface area contributed by atoms with Crippen LogP contribution in [0.3, 0.4) is 0 Å². The molecule has 0 spiro atoms. The predicted octanol–water partition coefficient (Wildman–Crippen LogP) is 3.15. The van der Waals surface area contributed by atoms with Crippen LogP contribution in [0.1, 0.15) is 30.4 Å². The van der Waals surface area contributed by atoms with E-state index in [2.05, 4.69) is 5.32 Å². The second-order valence-electron chi connectivity index (χ2n) is 6.85. The summed E-state index contributed by atoms with van der Waals surface area (Å²) in [5.74, 6) is -0.433. The van der Waals surface area contributed by atoms with Gasteiger partial charge in [-0.2, -0.15) is 4.31 Å². The van der Waals surface area contributed by atoms with Crippen molar-refractivity contribution in [3.8, 4) is 0 Å². The van der Waals surface area contributed by atoms with Crippen LogP contribution in [0.15, 0.2) is 53.4 Å². The number of aryl methyl sites for hydroxylation is 1. The minimum atomic E-state index is -3.61. The van der Waals surface area contributed by atoms with Crippen molar-refractivity contribution in [3.05, 3.63) is 59.7 Å². The van der Waals surface area contributed by atoms with E-state index in [1.807, 2.05) is 44.2 Å². The van der Waals surface area contributed by atoms with Gasteiger partial charge in [0.2, 0.25) is 15.9 Å². The molecule has 0 radical (unpaired) electrons. The van der Waals surface area contributed by atoms with Gasteiger partial charge in [0.15, 0.2) is 0 Å². The molecule has 3 rings (SSSR count). The highest BCUT2D eigenvalue weighted by molar-refractivity contribution is 7.89. The first-order chi connectivity index (χ1) is 13.4. The van der Waals surface area contributed by atoms with E-state index < -0.39 is 10.0 Å². The molecule has 0 saturated carbocycles. The smallest absolute Gasteiger partial charge is 0.243 e. The first-order valence-electron chi connectivity index (χ1n) is 9.48. The molecule has 1 aliphatic heterocycles. The molecule has 1 saturated heterocycles. The first-order valence-corrected chi connectivity index (χ1v) is 10.9. The Kier molecular flexibility index (Phi) is 6.49. The number of ether oxygens (including phenoxy) is 1. The Morgan fingerprint density at radius 1 is 1.14 bits per heavy atom. The molecule has 2 aromatic rings. The molecule has 0 bridgehead atoms. The summed E-state index contributed by atoms with van der Waals surface area (Å²) >= 11 is 0. The Morgan fingerprint density at radius 2 is 1.82 bits per heavy atom. The number of amides is 1. The van der Waals surface area contributed by atoms with Crippen molar-refractivity contribution in [3.63, 3.8) is 0 Å². The lowest BCUT2D eigenvalue weighted by Crippen LogP contribution is -2.40. The molecule has 1 N–H and O–H groups in total. The fraction of sp³-hybridized carbons (Fsp3) is 0.381. The van der Waals surface area contributed by atoms with Gasteiger partial charge < -0.3 is 10.1 Å². The molecule has 150 valence electrons. The third-order valence-electron chi connectivity index (χ3n) is 5.00. The van der Waals surface area contributed by atoms with Gasteiger partial charge in [-0.15, -0.1) is 0 Å². The number of nitrogens with zero attached hydrogens (tertiary/aromatic N) is 1. The maximum Gasteiger partial charge on any atom is 0.243 e. The SMILES string of the molecule is CCC(C(=O)Nc1cc(S(=O)(=O)N2CCOCC2)ccc1C)c1ccccc1. The summed E-state index contributed by atoms with van der Waals surface area (Å²) in [5, 5.41) is 2.93. The number of sulfonamides is 1. The van der Waals surface area contributed by atoms with Crippen molar-refractivity contribution in [1.29, 1.82) is 0 Å². The summed E-state index contributed by atoms with van der Waals surface area (Å²) < 4.78 is 32.5. The average molecular weight is 403 g/mol. The first kappa shape index (κ1) is 20.5. The molecular weight excluding hydrogens is 376 g/mol. The lowest BCUT2D eigenvalue weighted by atomic mass is 9.95. The van der Waals surface area contributed by atoms with E-state index in [-0.39, 0.29) is 16.7 Å². The molecule has 1 heterocycles. The van der Waals surface area contributed by atoms with E-state index in [4.69, 9.17) is 4.74 Å². The van der Waals surface area contributed by atoms with Gasteiger partial charge in [-0.25, -0.2) is 8.42 Å². The molecule has 1 fully saturated rings. The fourth-order valence-corrected chi connectivity index (χ4v) is 4.74. The van der Waals surface area contributed by atoms with Crippen LogP contribution in [0.4, 0.5) is 5.69 Å². The highest BCUT2D eigenvalue weighted by Gasteiger charge is 2.27. The average Bonchev–Trinajstić information content (AvgIpc) is 2.71. The molecule has 1 atom stereocenters. The molecule has 1 amide bonds. The van der Waals surface area contributed by atoms with E-state index in [9.17, 15) is 13.2 Å². The Balaban J connectivity index is 1.84. The third-order valence-corrected chi connectivity index (χ3v) is 6.90. The summed E-state index contributed by atoms with van der Waals surface area (Å²) in [5.41, 5.74) is 2.28. The van der Waals surface area contributed by atoms with Crippen molar-refractivity contribution < 1.29 is 17.9 Å². The summed E-state index contributed by atoms with van der Waals surface area (Å²) in [6.45, 7) is 5.27. The van der Waals surface area contributed by atoms with E-state index in [1.165, 1.54) is 4.31 Å². The molecule has 0 aromatic heterocycles. The highest BCUT2D eigenvalue weighted by Crippen LogP contribution is 2.26. The fourth-order valence-electron chi connectivity index (χ4n) is 3.31. The van der Waals surface area contributed by atoms with Crippen LogP contribution >= 0.6 is 0 Å². The van der Waals surface area contributed by atoms with Crippen molar-refractivity contribution in [1.82, 2.24) is 4.31 Å². The summed E-state index contributed by atoms with van der Waals surface area (Å²) in [6, 6.07) is 14.5. The predicted molar refractivity (Wildman–Crippen MR) is 109 cm³/mol. The van der Waals surface area contributed by atoms with Crippen molar-refractivity contribution in [2.24, 2.45) is 0 Å². The van der Waals surface area contributed by atoms with Crippen molar-refractivity contribution in [2.75, 3.05) is 31.6 Å². The number of hydrogen-bond acceptors (Lipinski definition) is 4. The van der Waals surface area contributed by atoms with Crippen LogP contribution in [-0.2, 0) is 19.6 Å². The number of nitrogens with one attached hydrogen (secondary N) is 1. The van der Waals surface area contributed by atoms with E-state index in [0.717, 1.165) is 11.1 Å². The van der Waals surface area contributed by atoms with Crippen LogP contribution in [-0.4, -0.2) is 44.9 Å². The lowest BCUT2D eigenvalue weighted by molar-refractivity contribution is -0.117. The summed E-state index contributed by atoms with van der Waals surface area (Å²) in [6.07, 6.45) is 0.653. The number of anilines is 1. The summed E-state index contributed by atoms with van der Waals surface area (Å²) in [7, 11) is -3.61. The summed E-state index contributed by atoms with van der Waals surface area (Å²) in [4.78, 5) is 13.1. The second-order valence-corrected chi connectivity index (χ2v) is 8.79. The zero-order valence-electron chi connectivity index (χ0n) is 16.2. The number of carbonyl (C=O) groups is 1.